The summed E-state index contributed by atoms with van der Waals surface area (Å²) < 4.78 is 5.75. The van der Waals surface area contributed by atoms with Crippen LogP contribution in [0.15, 0.2) is 36.8 Å². The van der Waals surface area contributed by atoms with Gasteiger partial charge in [0, 0.05) is 35.0 Å². The number of hydrogen-bond acceptors (Lipinski definition) is 7. The number of thioether (sulfide) groups is 1. The molecule has 0 saturated carbocycles. The first-order valence-electron chi connectivity index (χ1n) is 7.26. The monoisotopic (exact) mass is 334 g/mol. The number of ether oxygens (including phenoxy) is 1. The zero-order valence-electron chi connectivity index (χ0n) is 12.5. The van der Waals surface area contributed by atoms with Gasteiger partial charge in [0.05, 0.1) is 12.3 Å². The average molecular weight is 334 g/mol. The normalized spacial score (nSPS) is 27.7. The molecule has 0 aromatic carbocycles. The predicted molar refractivity (Wildman–Crippen MR) is 87.1 cm³/mol. The fraction of sp³-hybridized carbons (Fsp3) is 0.375. The zero-order chi connectivity index (χ0) is 16.4. The van der Waals surface area contributed by atoms with Crippen LogP contribution >= 0.6 is 11.8 Å². The summed E-state index contributed by atoms with van der Waals surface area (Å²) in [4.78, 5) is 8.43. The van der Waals surface area contributed by atoms with Gasteiger partial charge in [-0.25, -0.2) is 0 Å². The average Bonchev–Trinajstić information content (AvgIpc) is 2.56. The summed E-state index contributed by atoms with van der Waals surface area (Å²) in [6.07, 6.45) is 1.69. The first-order chi connectivity index (χ1) is 11.1. The lowest BCUT2D eigenvalue weighted by molar-refractivity contribution is -0.0786. The van der Waals surface area contributed by atoms with Crippen molar-refractivity contribution in [2.45, 2.75) is 30.7 Å². The fourth-order valence-electron chi connectivity index (χ4n) is 2.44. The van der Waals surface area contributed by atoms with Crippen LogP contribution in [0, 0.1) is 6.92 Å². The zero-order valence-corrected chi connectivity index (χ0v) is 13.3. The fourth-order valence-corrected chi connectivity index (χ4v) is 3.56. The van der Waals surface area contributed by atoms with E-state index in [1.165, 1.54) is 11.8 Å². The highest BCUT2D eigenvalue weighted by Crippen LogP contribution is 2.31. The van der Waals surface area contributed by atoms with E-state index >= 15 is 0 Å². The van der Waals surface area contributed by atoms with Crippen molar-refractivity contribution in [2.24, 2.45) is 0 Å². The summed E-state index contributed by atoms with van der Waals surface area (Å²) in [6, 6.07) is 5.63. The highest BCUT2D eigenvalue weighted by atomic mass is 32.2. The van der Waals surface area contributed by atoms with Gasteiger partial charge in [-0.05, 0) is 19.1 Å². The molecular formula is C16H18N2O4S. The number of aromatic nitrogens is 2. The first-order valence-corrected chi connectivity index (χ1v) is 8.30. The minimum Gasteiger partial charge on any atom is -0.475 e. The Balaban J connectivity index is 1.80. The molecule has 23 heavy (non-hydrogen) atoms. The van der Waals surface area contributed by atoms with Gasteiger partial charge in [-0.3, -0.25) is 9.97 Å². The van der Waals surface area contributed by atoms with Crippen molar-refractivity contribution in [3.63, 3.8) is 0 Å². The maximum atomic E-state index is 10.0. The van der Waals surface area contributed by atoms with Gasteiger partial charge in [0.25, 0.3) is 0 Å². The van der Waals surface area contributed by atoms with Crippen LogP contribution in [0.3, 0.4) is 0 Å². The van der Waals surface area contributed by atoms with Gasteiger partial charge in [0.1, 0.15) is 18.0 Å². The molecule has 0 unspecified atom stereocenters. The quantitative estimate of drug-likeness (QED) is 0.770. The second kappa shape index (κ2) is 6.84. The summed E-state index contributed by atoms with van der Waals surface area (Å²) in [6.45, 7) is 1.92. The van der Waals surface area contributed by atoms with Crippen LogP contribution in [0.25, 0.3) is 11.1 Å². The van der Waals surface area contributed by atoms with E-state index < -0.39 is 23.7 Å². The van der Waals surface area contributed by atoms with Gasteiger partial charge in [0.15, 0.2) is 5.44 Å². The Kier molecular flexibility index (Phi) is 4.82. The van der Waals surface area contributed by atoms with Crippen LogP contribution in [0.1, 0.15) is 5.69 Å². The third-order valence-corrected chi connectivity index (χ3v) is 4.98. The third-order valence-electron chi connectivity index (χ3n) is 3.74. The molecule has 0 bridgehead atoms. The van der Waals surface area contributed by atoms with Crippen molar-refractivity contribution in [1.29, 1.82) is 0 Å². The van der Waals surface area contributed by atoms with Crippen molar-refractivity contribution in [1.82, 2.24) is 9.97 Å². The molecule has 0 radical (unpaired) electrons. The van der Waals surface area contributed by atoms with E-state index in [9.17, 15) is 15.3 Å². The van der Waals surface area contributed by atoms with E-state index in [0.717, 1.165) is 16.8 Å². The minimum atomic E-state index is -1.21. The number of nitrogens with zero attached hydrogens (tertiary/aromatic N) is 2. The molecule has 3 heterocycles. The van der Waals surface area contributed by atoms with Gasteiger partial charge < -0.3 is 20.1 Å². The molecule has 122 valence electrons. The van der Waals surface area contributed by atoms with Crippen LogP contribution in [0.4, 0.5) is 0 Å². The van der Waals surface area contributed by atoms with Gasteiger partial charge in [-0.2, -0.15) is 0 Å². The molecule has 4 atom stereocenters. The van der Waals surface area contributed by atoms with E-state index in [-0.39, 0.29) is 0 Å². The van der Waals surface area contributed by atoms with Crippen molar-refractivity contribution in [2.75, 3.05) is 5.75 Å². The SMILES string of the molecule is Cc1ncccc1-c1cncc(O[C@H]2SC[C@@H](O)[C@H](O)[C@H]2O)c1. The molecule has 1 aliphatic heterocycles. The highest BCUT2D eigenvalue weighted by Gasteiger charge is 2.38. The van der Waals surface area contributed by atoms with E-state index in [2.05, 4.69) is 9.97 Å². The molecule has 1 aliphatic rings. The standard InChI is InChI=1S/C16H18N2O4S/c1-9-12(3-2-4-18-9)10-5-11(7-17-6-10)22-16-15(21)14(20)13(19)8-23-16/h2-7,13-16,19-21H,8H2,1H3/t13-,14+,15-,16+/m1/s1. The van der Waals surface area contributed by atoms with E-state index in [4.69, 9.17) is 4.74 Å². The second-order valence-corrected chi connectivity index (χ2v) is 6.55. The Labute approximate surface area is 138 Å². The van der Waals surface area contributed by atoms with Crippen molar-refractivity contribution in [3.05, 3.63) is 42.5 Å². The Hall–Kier alpha value is -1.67. The lowest BCUT2D eigenvalue weighted by atomic mass is 10.1. The molecule has 3 N–H and O–H groups in total. The minimum absolute atomic E-state index is 0.303. The molecule has 1 saturated heterocycles. The number of aliphatic hydroxyl groups is 3. The first kappa shape index (κ1) is 16.2. The summed E-state index contributed by atoms with van der Waals surface area (Å²) in [5.74, 6) is 0.795. The van der Waals surface area contributed by atoms with Crippen LogP contribution in [0.5, 0.6) is 5.75 Å². The van der Waals surface area contributed by atoms with Gasteiger partial charge >= 0.3 is 0 Å². The summed E-state index contributed by atoms with van der Waals surface area (Å²) in [5.41, 5.74) is 2.05. The Bertz CT molecular complexity index is 685. The molecule has 0 amide bonds. The number of hydrogen-bond donors (Lipinski definition) is 3. The Morgan fingerprint density at radius 3 is 2.83 bits per heavy atom. The molecule has 7 heteroatoms. The van der Waals surface area contributed by atoms with Crippen LogP contribution in [-0.4, -0.2) is 54.8 Å². The van der Waals surface area contributed by atoms with Crippen LogP contribution in [-0.2, 0) is 0 Å². The maximum Gasteiger partial charge on any atom is 0.173 e. The summed E-state index contributed by atoms with van der Waals surface area (Å²) in [5, 5.41) is 29.3. The summed E-state index contributed by atoms with van der Waals surface area (Å²) in [7, 11) is 0. The molecule has 3 rings (SSSR count). The number of rotatable bonds is 3. The topological polar surface area (TPSA) is 95.7 Å². The largest absolute Gasteiger partial charge is 0.475 e. The molecular weight excluding hydrogens is 316 g/mol. The summed E-state index contributed by atoms with van der Waals surface area (Å²) >= 11 is 1.26. The number of pyridine rings is 2. The van der Waals surface area contributed by atoms with Crippen molar-refractivity contribution < 1.29 is 20.1 Å². The second-order valence-electron chi connectivity index (χ2n) is 5.41. The molecule has 2 aromatic rings. The van der Waals surface area contributed by atoms with E-state index in [0.29, 0.717) is 11.5 Å². The maximum absolute atomic E-state index is 10.0. The predicted octanol–water partition coefficient (Wildman–Crippen LogP) is 0.986. The molecule has 0 spiro atoms. The number of aliphatic hydroxyl groups excluding tert-OH is 3. The molecule has 2 aromatic heterocycles. The number of aryl methyl sites for hydroxylation is 1. The Morgan fingerprint density at radius 1 is 1.22 bits per heavy atom. The van der Waals surface area contributed by atoms with E-state index in [1.54, 1.807) is 18.6 Å². The highest BCUT2D eigenvalue weighted by molar-refractivity contribution is 7.99. The molecule has 6 nitrogen and oxygen atoms in total. The van der Waals surface area contributed by atoms with Gasteiger partial charge in [-0.1, -0.05) is 6.07 Å². The lowest BCUT2D eigenvalue weighted by Gasteiger charge is -2.34. The van der Waals surface area contributed by atoms with Crippen LogP contribution in [0.2, 0.25) is 0 Å². The van der Waals surface area contributed by atoms with Crippen molar-refractivity contribution in [3.8, 4) is 16.9 Å². The lowest BCUT2D eigenvalue weighted by Crippen LogP contribution is -2.50. The molecule has 0 aliphatic carbocycles. The third kappa shape index (κ3) is 3.48. The Morgan fingerprint density at radius 2 is 2.04 bits per heavy atom. The van der Waals surface area contributed by atoms with Crippen molar-refractivity contribution >= 4 is 11.8 Å². The molecule has 1 fully saturated rings. The van der Waals surface area contributed by atoms with Gasteiger partial charge in [0.2, 0.25) is 0 Å². The van der Waals surface area contributed by atoms with E-state index in [1.807, 2.05) is 25.1 Å². The van der Waals surface area contributed by atoms with Crippen LogP contribution < -0.4 is 4.74 Å². The van der Waals surface area contributed by atoms with Gasteiger partial charge in [-0.15, -0.1) is 11.8 Å². The smallest absolute Gasteiger partial charge is 0.173 e.